The van der Waals surface area contributed by atoms with Gasteiger partial charge in [0.05, 0.1) is 16.6 Å². The smallest absolute Gasteiger partial charge is 0.261 e. The van der Waals surface area contributed by atoms with Crippen LogP contribution in [0, 0.1) is 0 Å². The molecular formula is C23H18N4OS. The van der Waals surface area contributed by atoms with Gasteiger partial charge in [0.15, 0.2) is 5.16 Å². The number of nitrogens with zero attached hydrogens (tertiary/aromatic N) is 4. The summed E-state index contributed by atoms with van der Waals surface area (Å²) < 4.78 is 3.47. The van der Waals surface area contributed by atoms with Crippen molar-refractivity contribution in [1.82, 2.24) is 19.3 Å². The van der Waals surface area contributed by atoms with Crippen LogP contribution in [0.25, 0.3) is 27.4 Å². The van der Waals surface area contributed by atoms with E-state index in [1.54, 1.807) is 29.6 Å². The van der Waals surface area contributed by atoms with Crippen molar-refractivity contribution >= 4 is 33.4 Å². The predicted molar refractivity (Wildman–Crippen MR) is 118 cm³/mol. The molecule has 2 heterocycles. The first-order valence-electron chi connectivity index (χ1n) is 9.30. The van der Waals surface area contributed by atoms with Gasteiger partial charge in [0.2, 0.25) is 0 Å². The van der Waals surface area contributed by atoms with Crippen molar-refractivity contribution in [2.24, 2.45) is 7.05 Å². The Morgan fingerprint density at radius 2 is 1.72 bits per heavy atom. The molecule has 0 fully saturated rings. The lowest BCUT2D eigenvalue weighted by Crippen LogP contribution is -2.20. The molecule has 0 atom stereocenters. The Kier molecular flexibility index (Phi) is 4.41. The quantitative estimate of drug-likeness (QED) is 0.253. The van der Waals surface area contributed by atoms with E-state index in [0.29, 0.717) is 10.5 Å². The van der Waals surface area contributed by atoms with E-state index in [9.17, 15) is 4.79 Å². The Morgan fingerprint density at radius 1 is 0.966 bits per heavy atom. The van der Waals surface area contributed by atoms with E-state index in [4.69, 9.17) is 4.98 Å². The minimum absolute atomic E-state index is 0.0164. The fraction of sp³-hybridized carbons (Fsp3) is 0.0870. The fourth-order valence-electron chi connectivity index (χ4n) is 3.38. The van der Waals surface area contributed by atoms with E-state index >= 15 is 0 Å². The summed E-state index contributed by atoms with van der Waals surface area (Å²) in [5.41, 5.74) is 2.91. The fourth-order valence-corrected chi connectivity index (χ4v) is 4.31. The summed E-state index contributed by atoms with van der Waals surface area (Å²) in [5.74, 6) is 0.735. The van der Waals surface area contributed by atoms with E-state index in [0.717, 1.165) is 27.7 Å². The monoisotopic (exact) mass is 398 g/mol. The first-order chi connectivity index (χ1) is 14.2. The standard InChI is InChI=1S/C23H18N4OS/c1-26-22(28)20-13-17-5-2-3-6-18(17)14-21(20)25-23(26)29-15-16-7-9-19(10-8-16)27-12-4-11-24-27/h2-14H,15H2,1H3. The van der Waals surface area contributed by atoms with Crippen molar-refractivity contribution in [1.29, 1.82) is 0 Å². The third-order valence-corrected chi connectivity index (χ3v) is 6.08. The van der Waals surface area contributed by atoms with Crippen LogP contribution in [0.5, 0.6) is 0 Å². The third kappa shape index (κ3) is 3.32. The number of benzene rings is 3. The van der Waals surface area contributed by atoms with Crippen molar-refractivity contribution in [3.63, 3.8) is 0 Å². The molecule has 5 nitrogen and oxygen atoms in total. The maximum atomic E-state index is 12.9. The zero-order chi connectivity index (χ0) is 19.8. The topological polar surface area (TPSA) is 52.7 Å². The molecule has 0 spiro atoms. The molecule has 2 aromatic heterocycles. The van der Waals surface area contributed by atoms with Gasteiger partial charge in [-0.3, -0.25) is 9.36 Å². The lowest BCUT2D eigenvalue weighted by atomic mass is 10.1. The van der Waals surface area contributed by atoms with Gasteiger partial charge in [-0.05, 0) is 46.7 Å². The Bertz CT molecular complexity index is 1370. The molecule has 6 heteroatoms. The van der Waals surface area contributed by atoms with Gasteiger partial charge in [-0.1, -0.05) is 48.2 Å². The summed E-state index contributed by atoms with van der Waals surface area (Å²) >= 11 is 1.57. The van der Waals surface area contributed by atoms with E-state index in [-0.39, 0.29) is 5.56 Å². The molecule has 0 unspecified atom stereocenters. The van der Waals surface area contributed by atoms with Crippen LogP contribution in [0.15, 0.2) is 89.1 Å². The van der Waals surface area contributed by atoms with Crippen molar-refractivity contribution < 1.29 is 0 Å². The van der Waals surface area contributed by atoms with Crippen molar-refractivity contribution in [2.45, 2.75) is 10.9 Å². The molecule has 0 aliphatic rings. The molecule has 0 N–H and O–H groups in total. The Morgan fingerprint density at radius 3 is 2.45 bits per heavy atom. The molecule has 0 saturated carbocycles. The molecule has 0 radical (unpaired) electrons. The lowest BCUT2D eigenvalue weighted by Gasteiger charge is -2.10. The van der Waals surface area contributed by atoms with E-state index in [2.05, 4.69) is 17.2 Å². The summed E-state index contributed by atoms with van der Waals surface area (Å²) in [6, 6.07) is 22.1. The molecule has 0 bridgehead atoms. The van der Waals surface area contributed by atoms with Crippen molar-refractivity contribution in [3.8, 4) is 5.69 Å². The zero-order valence-electron chi connectivity index (χ0n) is 15.8. The van der Waals surface area contributed by atoms with Crippen LogP contribution >= 0.6 is 11.8 Å². The van der Waals surface area contributed by atoms with Gasteiger partial charge in [-0.15, -0.1) is 0 Å². The molecule has 29 heavy (non-hydrogen) atoms. The molecule has 5 rings (SSSR count). The number of hydrogen-bond donors (Lipinski definition) is 0. The minimum Gasteiger partial charge on any atom is -0.290 e. The molecule has 0 aliphatic carbocycles. The largest absolute Gasteiger partial charge is 0.290 e. The van der Waals surface area contributed by atoms with Gasteiger partial charge >= 0.3 is 0 Å². The van der Waals surface area contributed by atoms with E-state index in [1.807, 2.05) is 65.5 Å². The second-order valence-electron chi connectivity index (χ2n) is 6.88. The van der Waals surface area contributed by atoms with Gasteiger partial charge in [0.25, 0.3) is 5.56 Å². The van der Waals surface area contributed by atoms with E-state index in [1.165, 1.54) is 5.56 Å². The van der Waals surface area contributed by atoms with Gasteiger partial charge < -0.3 is 0 Å². The number of fused-ring (bicyclic) bond motifs is 2. The Balaban J connectivity index is 1.45. The van der Waals surface area contributed by atoms with Crippen molar-refractivity contribution in [3.05, 3.63) is 95.0 Å². The second-order valence-corrected chi connectivity index (χ2v) is 7.82. The van der Waals surface area contributed by atoms with Crippen LogP contribution in [0.3, 0.4) is 0 Å². The maximum absolute atomic E-state index is 12.9. The SMILES string of the molecule is Cn1c(SCc2ccc(-n3cccn3)cc2)nc2cc3ccccc3cc2c1=O. The van der Waals surface area contributed by atoms with Crippen LogP contribution in [0.4, 0.5) is 0 Å². The average molecular weight is 398 g/mol. The highest BCUT2D eigenvalue weighted by Crippen LogP contribution is 2.24. The summed E-state index contributed by atoms with van der Waals surface area (Å²) in [7, 11) is 1.78. The van der Waals surface area contributed by atoms with Gasteiger partial charge in [-0.2, -0.15) is 5.10 Å². The first kappa shape index (κ1) is 17.7. The maximum Gasteiger partial charge on any atom is 0.261 e. The summed E-state index contributed by atoms with van der Waals surface area (Å²) in [5, 5.41) is 7.75. The molecule has 142 valence electrons. The third-order valence-electron chi connectivity index (χ3n) is 4.98. The summed E-state index contributed by atoms with van der Waals surface area (Å²) in [4.78, 5) is 17.7. The number of rotatable bonds is 4. The van der Waals surface area contributed by atoms with Gasteiger partial charge in [-0.25, -0.2) is 9.67 Å². The van der Waals surface area contributed by atoms with Gasteiger partial charge in [0.1, 0.15) is 0 Å². The highest BCUT2D eigenvalue weighted by atomic mass is 32.2. The number of thioether (sulfide) groups is 1. The van der Waals surface area contributed by atoms with Crippen LogP contribution < -0.4 is 5.56 Å². The molecule has 0 aliphatic heterocycles. The molecule has 3 aromatic carbocycles. The number of hydrogen-bond acceptors (Lipinski definition) is 4. The average Bonchev–Trinajstić information content (AvgIpc) is 3.29. The van der Waals surface area contributed by atoms with Crippen LogP contribution in [0.1, 0.15) is 5.56 Å². The summed E-state index contributed by atoms with van der Waals surface area (Å²) in [6.07, 6.45) is 3.68. The summed E-state index contributed by atoms with van der Waals surface area (Å²) in [6.45, 7) is 0. The normalized spacial score (nSPS) is 11.3. The minimum atomic E-state index is -0.0164. The lowest BCUT2D eigenvalue weighted by molar-refractivity contribution is 0.726. The van der Waals surface area contributed by atoms with Crippen LogP contribution in [-0.2, 0) is 12.8 Å². The van der Waals surface area contributed by atoms with Crippen molar-refractivity contribution in [2.75, 3.05) is 0 Å². The zero-order valence-corrected chi connectivity index (χ0v) is 16.6. The highest BCUT2D eigenvalue weighted by Gasteiger charge is 2.10. The molecular weight excluding hydrogens is 380 g/mol. The first-order valence-corrected chi connectivity index (χ1v) is 10.3. The molecule has 0 saturated heterocycles. The Labute approximate surface area is 171 Å². The van der Waals surface area contributed by atoms with Crippen LogP contribution in [0.2, 0.25) is 0 Å². The van der Waals surface area contributed by atoms with E-state index < -0.39 is 0 Å². The highest BCUT2D eigenvalue weighted by molar-refractivity contribution is 7.98. The number of aromatic nitrogens is 4. The molecule has 5 aromatic rings. The van der Waals surface area contributed by atoms with Crippen LogP contribution in [-0.4, -0.2) is 19.3 Å². The second kappa shape index (κ2) is 7.22. The predicted octanol–water partition coefficient (Wildman–Crippen LogP) is 4.56. The van der Waals surface area contributed by atoms with Gasteiger partial charge in [0, 0.05) is 25.2 Å². The molecule has 0 amide bonds. The Hall–Kier alpha value is -3.38.